The van der Waals surface area contributed by atoms with E-state index >= 15 is 0 Å². The van der Waals surface area contributed by atoms with Gasteiger partial charge in [-0.15, -0.1) is 0 Å². The molecule has 0 saturated carbocycles. The van der Waals surface area contributed by atoms with Gasteiger partial charge >= 0.3 is 0 Å². The van der Waals surface area contributed by atoms with Crippen LogP contribution in [0.5, 0.6) is 5.75 Å². The Bertz CT molecular complexity index is 992. The largest absolute Gasteiger partial charge is 0.489 e. The highest BCUT2D eigenvalue weighted by Crippen LogP contribution is 2.34. The Morgan fingerprint density at radius 1 is 0.778 bits per heavy atom. The van der Waals surface area contributed by atoms with E-state index in [4.69, 9.17) is 27.9 Å². The Hall–Kier alpha value is -2.82. The summed E-state index contributed by atoms with van der Waals surface area (Å²) in [7, 11) is 0. The average Bonchev–Trinajstić information content (AvgIpc) is 2.92. The molecule has 4 rings (SSSR count). The molecule has 0 saturated heterocycles. The molecule has 1 heterocycles. The molecule has 27 heavy (non-hydrogen) atoms. The van der Waals surface area contributed by atoms with E-state index in [1.807, 2.05) is 30.3 Å². The number of nitrogens with zero attached hydrogens (tertiary/aromatic N) is 1. The van der Waals surface area contributed by atoms with Gasteiger partial charge in [-0.05, 0) is 42.0 Å². The molecule has 0 atom stereocenters. The van der Waals surface area contributed by atoms with Crippen molar-refractivity contribution in [1.82, 2.24) is 0 Å². The maximum absolute atomic E-state index is 12.6. The summed E-state index contributed by atoms with van der Waals surface area (Å²) in [4.78, 5) is 26.4. The van der Waals surface area contributed by atoms with Crippen LogP contribution in [0.3, 0.4) is 0 Å². The number of anilines is 1. The highest BCUT2D eigenvalue weighted by atomic mass is 35.5. The summed E-state index contributed by atoms with van der Waals surface area (Å²) < 4.78 is 5.73. The lowest BCUT2D eigenvalue weighted by Crippen LogP contribution is -2.29. The van der Waals surface area contributed by atoms with E-state index < -0.39 is 11.8 Å². The predicted molar refractivity (Wildman–Crippen MR) is 105 cm³/mol. The molecule has 0 bridgehead atoms. The number of hydrogen-bond donors (Lipinski definition) is 0. The van der Waals surface area contributed by atoms with Crippen LogP contribution >= 0.6 is 23.2 Å². The molecule has 0 aliphatic carbocycles. The molecule has 0 aromatic heterocycles. The van der Waals surface area contributed by atoms with E-state index in [2.05, 4.69) is 0 Å². The van der Waals surface area contributed by atoms with E-state index in [0.717, 1.165) is 10.5 Å². The second-order valence-electron chi connectivity index (χ2n) is 6.03. The first-order valence-electron chi connectivity index (χ1n) is 8.19. The lowest BCUT2D eigenvalue weighted by atomic mass is 10.1. The zero-order valence-electron chi connectivity index (χ0n) is 14.0. The minimum absolute atomic E-state index is 0.239. The summed E-state index contributed by atoms with van der Waals surface area (Å²) >= 11 is 11.9. The number of fused-ring (bicyclic) bond motifs is 1. The van der Waals surface area contributed by atoms with Gasteiger partial charge in [0, 0.05) is 0 Å². The maximum Gasteiger partial charge on any atom is 0.266 e. The number of benzene rings is 3. The molecule has 3 aromatic carbocycles. The van der Waals surface area contributed by atoms with Crippen molar-refractivity contribution in [2.24, 2.45) is 0 Å². The fourth-order valence-electron chi connectivity index (χ4n) is 2.90. The Balaban J connectivity index is 1.54. The van der Waals surface area contributed by atoms with Crippen molar-refractivity contribution in [2.75, 3.05) is 4.90 Å². The van der Waals surface area contributed by atoms with Gasteiger partial charge in [-0.2, -0.15) is 0 Å². The monoisotopic (exact) mass is 397 g/mol. The van der Waals surface area contributed by atoms with Crippen LogP contribution in [0, 0.1) is 0 Å². The van der Waals surface area contributed by atoms with Crippen LogP contribution in [-0.2, 0) is 6.61 Å². The summed E-state index contributed by atoms with van der Waals surface area (Å²) in [5.41, 5.74) is 2.01. The van der Waals surface area contributed by atoms with Crippen LogP contribution in [0.25, 0.3) is 0 Å². The Morgan fingerprint density at radius 3 is 1.89 bits per heavy atom. The van der Waals surface area contributed by atoms with E-state index in [1.165, 1.54) is 12.1 Å². The Kier molecular flexibility index (Phi) is 4.60. The van der Waals surface area contributed by atoms with Crippen LogP contribution in [0.2, 0.25) is 10.0 Å². The Morgan fingerprint density at radius 2 is 1.33 bits per heavy atom. The van der Waals surface area contributed by atoms with Crippen molar-refractivity contribution in [3.05, 3.63) is 93.5 Å². The SMILES string of the molecule is O=C1c2cc(Cl)c(Cl)cc2C(=O)N1c1ccc(OCc2ccccc2)cc1. The molecular weight excluding hydrogens is 385 g/mol. The molecule has 6 heteroatoms. The zero-order valence-corrected chi connectivity index (χ0v) is 15.5. The highest BCUT2D eigenvalue weighted by molar-refractivity contribution is 6.44. The first-order chi connectivity index (χ1) is 13.0. The van der Waals surface area contributed by atoms with E-state index in [1.54, 1.807) is 24.3 Å². The molecule has 4 nitrogen and oxygen atoms in total. The van der Waals surface area contributed by atoms with Gasteiger partial charge in [0.25, 0.3) is 11.8 Å². The average molecular weight is 398 g/mol. The highest BCUT2D eigenvalue weighted by Gasteiger charge is 2.37. The lowest BCUT2D eigenvalue weighted by Gasteiger charge is -2.14. The van der Waals surface area contributed by atoms with Crippen molar-refractivity contribution in [3.8, 4) is 5.75 Å². The second kappa shape index (κ2) is 7.06. The number of amides is 2. The fourth-order valence-corrected chi connectivity index (χ4v) is 3.23. The number of hydrogen-bond acceptors (Lipinski definition) is 3. The summed E-state index contributed by atoms with van der Waals surface area (Å²) in [5, 5.41) is 0.478. The third-order valence-electron chi connectivity index (χ3n) is 4.27. The summed E-state index contributed by atoms with van der Waals surface area (Å²) in [5.74, 6) is -0.205. The first kappa shape index (κ1) is 17.6. The number of imide groups is 1. The van der Waals surface area contributed by atoms with Crippen molar-refractivity contribution >= 4 is 40.7 Å². The predicted octanol–water partition coefficient (Wildman–Crippen LogP) is 5.37. The molecule has 1 aliphatic heterocycles. The van der Waals surface area contributed by atoms with E-state index in [9.17, 15) is 9.59 Å². The number of carbonyl (C=O) groups is 2. The van der Waals surface area contributed by atoms with E-state index in [0.29, 0.717) is 18.0 Å². The number of carbonyl (C=O) groups excluding carboxylic acids is 2. The van der Waals surface area contributed by atoms with Gasteiger partial charge in [-0.25, -0.2) is 4.90 Å². The smallest absolute Gasteiger partial charge is 0.266 e. The van der Waals surface area contributed by atoms with Crippen LogP contribution in [0.4, 0.5) is 5.69 Å². The molecule has 3 aromatic rings. The minimum atomic E-state index is -0.425. The Labute approximate surface area is 165 Å². The first-order valence-corrected chi connectivity index (χ1v) is 8.95. The summed E-state index contributed by atoms with van der Waals surface area (Å²) in [6.07, 6.45) is 0. The number of rotatable bonds is 4. The lowest BCUT2D eigenvalue weighted by molar-refractivity contribution is 0.0926. The number of halogens is 2. The van der Waals surface area contributed by atoms with Crippen molar-refractivity contribution in [2.45, 2.75) is 6.61 Å². The molecule has 0 unspecified atom stereocenters. The maximum atomic E-state index is 12.6. The molecule has 134 valence electrons. The van der Waals surface area contributed by atoms with Crippen LogP contribution < -0.4 is 9.64 Å². The molecule has 1 aliphatic rings. The van der Waals surface area contributed by atoms with Crippen LogP contribution in [-0.4, -0.2) is 11.8 Å². The van der Waals surface area contributed by atoms with E-state index in [-0.39, 0.29) is 21.2 Å². The molecule has 2 amide bonds. The van der Waals surface area contributed by atoms with Gasteiger partial charge in [-0.3, -0.25) is 9.59 Å². The zero-order chi connectivity index (χ0) is 19.0. The molecular formula is C21H13Cl2NO3. The normalized spacial score (nSPS) is 13.0. The third-order valence-corrected chi connectivity index (χ3v) is 4.99. The third kappa shape index (κ3) is 3.29. The minimum Gasteiger partial charge on any atom is -0.489 e. The molecule has 0 fully saturated rings. The van der Waals surface area contributed by atoms with Crippen molar-refractivity contribution in [3.63, 3.8) is 0 Å². The van der Waals surface area contributed by atoms with Gasteiger partial charge in [0.2, 0.25) is 0 Å². The van der Waals surface area contributed by atoms with Gasteiger partial charge in [0.05, 0.1) is 26.9 Å². The van der Waals surface area contributed by atoms with Gasteiger partial charge < -0.3 is 4.74 Å². The fraction of sp³-hybridized carbons (Fsp3) is 0.0476. The standard InChI is InChI=1S/C21H13Cl2NO3/c22-18-10-16-17(11-19(18)23)21(26)24(20(16)25)14-6-8-15(9-7-14)27-12-13-4-2-1-3-5-13/h1-11H,12H2. The second-order valence-corrected chi connectivity index (χ2v) is 6.84. The van der Waals surface area contributed by atoms with Crippen LogP contribution in [0.15, 0.2) is 66.7 Å². The molecule has 0 N–H and O–H groups in total. The molecule has 0 spiro atoms. The van der Waals surface area contributed by atoms with Gasteiger partial charge in [0.1, 0.15) is 12.4 Å². The number of ether oxygens (including phenoxy) is 1. The van der Waals surface area contributed by atoms with Gasteiger partial charge in [-0.1, -0.05) is 53.5 Å². The van der Waals surface area contributed by atoms with Crippen molar-refractivity contribution in [1.29, 1.82) is 0 Å². The summed E-state index contributed by atoms with van der Waals surface area (Å²) in [6.45, 7) is 0.435. The topological polar surface area (TPSA) is 46.6 Å². The quantitative estimate of drug-likeness (QED) is 0.555. The van der Waals surface area contributed by atoms with Crippen molar-refractivity contribution < 1.29 is 14.3 Å². The van der Waals surface area contributed by atoms with Gasteiger partial charge in [0.15, 0.2) is 0 Å². The van der Waals surface area contributed by atoms with Crippen LogP contribution in [0.1, 0.15) is 26.3 Å². The summed E-state index contributed by atoms with van der Waals surface area (Å²) in [6, 6.07) is 19.4. The molecule has 0 radical (unpaired) electrons.